The Hall–Kier alpha value is -1.12. The first-order chi connectivity index (χ1) is 7.52. The van der Waals surface area contributed by atoms with Gasteiger partial charge in [0.1, 0.15) is 0 Å². The van der Waals surface area contributed by atoms with E-state index in [2.05, 4.69) is 38.0 Å². The molecule has 1 rings (SSSR count). The fourth-order valence-corrected chi connectivity index (χ4v) is 1.97. The van der Waals surface area contributed by atoms with Gasteiger partial charge in [-0.3, -0.25) is 0 Å². The zero-order chi connectivity index (χ0) is 12.1. The highest BCUT2D eigenvalue weighted by molar-refractivity contribution is 5.35. The molecule has 90 valence electrons. The largest absolute Gasteiger partial charge is 0.367 e. The molecule has 1 N–H and O–H groups in total. The van der Waals surface area contributed by atoms with Gasteiger partial charge in [-0.25, -0.2) is 9.37 Å². The van der Waals surface area contributed by atoms with E-state index in [0.29, 0.717) is 23.6 Å². The fourth-order valence-electron chi connectivity index (χ4n) is 1.97. The van der Waals surface area contributed by atoms with Gasteiger partial charge in [0.2, 0.25) is 0 Å². The summed E-state index contributed by atoms with van der Waals surface area (Å²) in [6.07, 6.45) is 1.60. The molecule has 0 fully saturated rings. The Balaban J connectivity index is 2.59. The van der Waals surface area contributed by atoms with E-state index in [1.807, 2.05) is 0 Å². The van der Waals surface area contributed by atoms with Gasteiger partial charge in [0.05, 0.1) is 0 Å². The normalized spacial score (nSPS) is 11.5. The quantitative estimate of drug-likeness (QED) is 0.827. The highest BCUT2D eigenvalue weighted by atomic mass is 19.1. The van der Waals surface area contributed by atoms with Gasteiger partial charge < -0.3 is 5.32 Å². The van der Waals surface area contributed by atoms with Gasteiger partial charge in [-0.1, -0.05) is 27.7 Å². The van der Waals surface area contributed by atoms with Crippen LogP contribution in [0.1, 0.15) is 27.7 Å². The third-order valence-electron chi connectivity index (χ3n) is 2.98. The first-order valence-electron chi connectivity index (χ1n) is 5.86. The molecule has 0 aliphatic carbocycles. The van der Waals surface area contributed by atoms with Crippen molar-refractivity contribution in [2.45, 2.75) is 27.7 Å². The highest BCUT2D eigenvalue weighted by Crippen LogP contribution is 2.21. The van der Waals surface area contributed by atoms with Crippen molar-refractivity contribution in [3.63, 3.8) is 0 Å². The molecule has 0 spiro atoms. The summed E-state index contributed by atoms with van der Waals surface area (Å²) in [5.41, 5.74) is 0. The van der Waals surface area contributed by atoms with Crippen molar-refractivity contribution in [2.24, 2.45) is 17.8 Å². The predicted molar refractivity (Wildman–Crippen MR) is 65.9 cm³/mol. The third kappa shape index (κ3) is 3.47. The highest BCUT2D eigenvalue weighted by Gasteiger charge is 2.17. The van der Waals surface area contributed by atoms with Gasteiger partial charge in [0.15, 0.2) is 11.6 Å². The lowest BCUT2D eigenvalue weighted by molar-refractivity contribution is 0.304. The fraction of sp³-hybridized carbons (Fsp3) is 0.615. The zero-order valence-corrected chi connectivity index (χ0v) is 10.5. The van der Waals surface area contributed by atoms with Crippen LogP contribution in [0.3, 0.4) is 0 Å². The lowest BCUT2D eigenvalue weighted by Gasteiger charge is -2.25. The maximum Gasteiger partial charge on any atom is 0.165 e. The van der Waals surface area contributed by atoms with Crippen LogP contribution >= 0.6 is 0 Å². The number of anilines is 1. The summed E-state index contributed by atoms with van der Waals surface area (Å²) in [6.45, 7) is 9.55. The maximum atomic E-state index is 13.3. The van der Waals surface area contributed by atoms with Crippen molar-refractivity contribution in [3.05, 3.63) is 24.1 Å². The topological polar surface area (TPSA) is 24.9 Å². The van der Waals surface area contributed by atoms with E-state index < -0.39 is 0 Å². The van der Waals surface area contributed by atoms with Gasteiger partial charge in [-0.05, 0) is 29.9 Å². The summed E-state index contributed by atoms with van der Waals surface area (Å²) < 4.78 is 13.3. The number of hydrogen-bond donors (Lipinski definition) is 1. The molecule has 1 heterocycles. The summed E-state index contributed by atoms with van der Waals surface area (Å²) in [6, 6.07) is 3.03. The van der Waals surface area contributed by atoms with E-state index in [1.54, 1.807) is 12.3 Å². The molecule has 0 amide bonds. The molecule has 1 aromatic rings. The van der Waals surface area contributed by atoms with Crippen molar-refractivity contribution in [1.29, 1.82) is 0 Å². The Labute approximate surface area is 97.3 Å². The second-order valence-electron chi connectivity index (χ2n) is 4.87. The molecule has 3 heteroatoms. The monoisotopic (exact) mass is 224 g/mol. The average Bonchev–Trinajstić information content (AvgIpc) is 2.20. The summed E-state index contributed by atoms with van der Waals surface area (Å²) in [7, 11) is 0. The van der Waals surface area contributed by atoms with E-state index in [4.69, 9.17) is 0 Å². The van der Waals surface area contributed by atoms with Crippen molar-refractivity contribution in [1.82, 2.24) is 4.98 Å². The van der Waals surface area contributed by atoms with Gasteiger partial charge in [0.25, 0.3) is 0 Å². The Kier molecular flexibility index (Phi) is 4.71. The SMILES string of the molecule is CC(C)C(CNc1ncccc1F)C(C)C. The van der Waals surface area contributed by atoms with Crippen molar-refractivity contribution in [3.8, 4) is 0 Å². The van der Waals surface area contributed by atoms with Gasteiger partial charge in [-0.15, -0.1) is 0 Å². The molecule has 0 aliphatic rings. The van der Waals surface area contributed by atoms with Crippen molar-refractivity contribution < 1.29 is 4.39 Å². The number of rotatable bonds is 5. The van der Waals surface area contributed by atoms with Crippen molar-refractivity contribution >= 4 is 5.82 Å². The van der Waals surface area contributed by atoms with Crippen LogP contribution in [-0.4, -0.2) is 11.5 Å². The van der Waals surface area contributed by atoms with E-state index >= 15 is 0 Å². The number of pyridine rings is 1. The molecule has 0 aliphatic heterocycles. The molecule has 16 heavy (non-hydrogen) atoms. The molecule has 0 unspecified atom stereocenters. The zero-order valence-electron chi connectivity index (χ0n) is 10.5. The summed E-state index contributed by atoms with van der Waals surface area (Å²) in [5, 5.41) is 3.09. The predicted octanol–water partition coefficient (Wildman–Crippen LogP) is 3.56. The molecule has 0 aromatic carbocycles. The molecule has 1 aromatic heterocycles. The minimum absolute atomic E-state index is 0.284. The molecule has 2 nitrogen and oxygen atoms in total. The maximum absolute atomic E-state index is 13.3. The van der Waals surface area contributed by atoms with E-state index in [1.165, 1.54) is 6.07 Å². The average molecular weight is 224 g/mol. The van der Waals surface area contributed by atoms with Crippen LogP contribution in [0, 0.1) is 23.6 Å². The molecule has 0 atom stereocenters. The Morgan fingerprint density at radius 3 is 2.38 bits per heavy atom. The van der Waals surface area contributed by atoms with Crippen LogP contribution in [0.4, 0.5) is 10.2 Å². The van der Waals surface area contributed by atoms with Crippen LogP contribution in [0.5, 0.6) is 0 Å². The van der Waals surface area contributed by atoms with Crippen LogP contribution in [0.15, 0.2) is 18.3 Å². The molecular formula is C13H21FN2. The Morgan fingerprint density at radius 1 is 1.25 bits per heavy atom. The smallest absolute Gasteiger partial charge is 0.165 e. The lowest BCUT2D eigenvalue weighted by atomic mass is 9.85. The van der Waals surface area contributed by atoms with E-state index in [0.717, 1.165) is 6.54 Å². The number of nitrogens with one attached hydrogen (secondary N) is 1. The van der Waals surface area contributed by atoms with E-state index in [-0.39, 0.29) is 5.82 Å². The first-order valence-corrected chi connectivity index (χ1v) is 5.86. The second-order valence-corrected chi connectivity index (χ2v) is 4.87. The van der Waals surface area contributed by atoms with Gasteiger partial charge in [-0.2, -0.15) is 0 Å². The van der Waals surface area contributed by atoms with Crippen LogP contribution in [0.25, 0.3) is 0 Å². The van der Waals surface area contributed by atoms with E-state index in [9.17, 15) is 4.39 Å². The molecule has 0 saturated carbocycles. The van der Waals surface area contributed by atoms with Gasteiger partial charge in [0, 0.05) is 12.7 Å². The Morgan fingerprint density at radius 2 is 1.88 bits per heavy atom. The number of aromatic nitrogens is 1. The third-order valence-corrected chi connectivity index (χ3v) is 2.98. The summed E-state index contributed by atoms with van der Waals surface area (Å²) in [5.74, 6) is 1.77. The second kappa shape index (κ2) is 5.83. The number of halogens is 1. The number of nitrogens with zero attached hydrogens (tertiary/aromatic N) is 1. The lowest BCUT2D eigenvalue weighted by Crippen LogP contribution is -2.25. The minimum Gasteiger partial charge on any atom is -0.367 e. The molecule has 0 radical (unpaired) electrons. The first kappa shape index (κ1) is 12.9. The van der Waals surface area contributed by atoms with Crippen LogP contribution in [-0.2, 0) is 0 Å². The minimum atomic E-state index is -0.284. The van der Waals surface area contributed by atoms with Gasteiger partial charge >= 0.3 is 0 Å². The molecule has 0 bridgehead atoms. The molecular weight excluding hydrogens is 203 g/mol. The Bertz CT molecular complexity index is 315. The van der Waals surface area contributed by atoms with Crippen molar-refractivity contribution in [2.75, 3.05) is 11.9 Å². The molecule has 0 saturated heterocycles. The number of hydrogen-bond acceptors (Lipinski definition) is 2. The summed E-state index contributed by atoms with van der Waals surface area (Å²) in [4.78, 5) is 3.98. The standard InChI is InChI=1S/C13H21FN2/c1-9(2)11(10(3)4)8-16-13-12(14)6-5-7-15-13/h5-7,9-11H,8H2,1-4H3,(H,15,16). The van der Waals surface area contributed by atoms with Crippen LogP contribution in [0.2, 0.25) is 0 Å². The summed E-state index contributed by atoms with van der Waals surface area (Å²) >= 11 is 0. The van der Waals surface area contributed by atoms with Crippen LogP contribution < -0.4 is 5.32 Å².